The number of hydrogen-bond donors (Lipinski definition) is 1. The molecule has 3 rings (SSSR count). The lowest BCUT2D eigenvalue weighted by molar-refractivity contribution is 0.524. The third-order valence-corrected chi connectivity index (χ3v) is 4.68. The van der Waals surface area contributed by atoms with E-state index in [0.717, 1.165) is 29.9 Å². The maximum absolute atomic E-state index is 14.1. The molecule has 142 valence electrons. The monoisotopic (exact) mass is 386 g/mol. The van der Waals surface area contributed by atoms with Crippen LogP contribution in [0.1, 0.15) is 31.5 Å². The zero-order chi connectivity index (χ0) is 19.2. The zero-order valence-corrected chi connectivity index (χ0v) is 16.4. The number of aromatic nitrogens is 3. The molecule has 0 fully saturated rings. The first-order valence-electron chi connectivity index (χ1n) is 9.17. The van der Waals surface area contributed by atoms with Crippen molar-refractivity contribution in [2.24, 2.45) is 5.92 Å². The Morgan fingerprint density at radius 2 is 1.85 bits per heavy atom. The van der Waals surface area contributed by atoms with Gasteiger partial charge in [0.25, 0.3) is 0 Å². The number of benzene rings is 2. The maximum atomic E-state index is 14.1. The van der Waals surface area contributed by atoms with Crippen molar-refractivity contribution in [1.29, 1.82) is 0 Å². The van der Waals surface area contributed by atoms with E-state index in [-0.39, 0.29) is 12.4 Å². The van der Waals surface area contributed by atoms with Crippen molar-refractivity contribution in [2.45, 2.75) is 33.4 Å². The predicted molar refractivity (Wildman–Crippen MR) is 107 cm³/mol. The largest absolute Gasteiger partial charge is 0.311 e. The molecule has 0 radical (unpaired) electrons. The third-order valence-electron chi connectivity index (χ3n) is 4.32. The quantitative estimate of drug-likeness (QED) is 0.558. The van der Waals surface area contributed by atoms with Gasteiger partial charge in [-0.25, -0.2) is 4.39 Å². The highest BCUT2D eigenvalue weighted by Gasteiger charge is 2.15. The first kappa shape index (κ1) is 19.5. The summed E-state index contributed by atoms with van der Waals surface area (Å²) < 4.78 is 14.1. The summed E-state index contributed by atoms with van der Waals surface area (Å²) in [5.41, 5.74) is 3.04. The van der Waals surface area contributed by atoms with E-state index >= 15 is 0 Å². The Bertz CT molecular complexity index is 857. The van der Waals surface area contributed by atoms with E-state index in [4.69, 9.17) is 11.6 Å². The summed E-state index contributed by atoms with van der Waals surface area (Å²) in [4.78, 5) is 1.52. The van der Waals surface area contributed by atoms with E-state index in [9.17, 15) is 4.39 Å². The van der Waals surface area contributed by atoms with Crippen molar-refractivity contribution in [3.63, 3.8) is 0 Å². The van der Waals surface area contributed by atoms with Crippen LogP contribution in [-0.4, -0.2) is 21.5 Å². The Morgan fingerprint density at radius 1 is 1.07 bits per heavy atom. The van der Waals surface area contributed by atoms with Gasteiger partial charge in [0.2, 0.25) is 0 Å². The molecule has 0 bridgehead atoms. The molecule has 4 nitrogen and oxygen atoms in total. The highest BCUT2D eigenvalue weighted by Crippen LogP contribution is 2.23. The molecule has 0 spiro atoms. The molecule has 0 unspecified atom stereocenters. The van der Waals surface area contributed by atoms with Crippen LogP contribution in [0.15, 0.2) is 48.5 Å². The zero-order valence-electron chi connectivity index (χ0n) is 15.6. The molecule has 2 aromatic carbocycles. The minimum absolute atomic E-state index is 0.192. The van der Waals surface area contributed by atoms with Crippen molar-refractivity contribution in [2.75, 3.05) is 6.54 Å². The van der Waals surface area contributed by atoms with Gasteiger partial charge in [0.05, 0.1) is 6.54 Å². The Hall–Kier alpha value is -2.24. The lowest BCUT2D eigenvalue weighted by Crippen LogP contribution is -2.17. The first-order valence-corrected chi connectivity index (χ1v) is 9.55. The average Bonchev–Trinajstić information content (AvgIpc) is 3.05. The van der Waals surface area contributed by atoms with E-state index < -0.39 is 0 Å². The van der Waals surface area contributed by atoms with Crippen LogP contribution in [0.5, 0.6) is 0 Å². The van der Waals surface area contributed by atoms with E-state index in [1.54, 1.807) is 12.1 Å². The van der Waals surface area contributed by atoms with E-state index in [2.05, 4.69) is 29.4 Å². The molecule has 1 N–H and O–H groups in total. The molecule has 1 heterocycles. The summed E-state index contributed by atoms with van der Waals surface area (Å²) in [5, 5.41) is 13.0. The second-order valence-electron chi connectivity index (χ2n) is 6.95. The standard InChI is InChI=1S/C21H24ClFN4/c1-15(2)11-12-24-13-20-21(16-7-4-3-5-8-16)26-27(25-20)14-17-18(22)9-6-10-19(17)23/h3-10,15,24H,11-14H2,1-2H3. The van der Waals surface area contributed by atoms with E-state index in [0.29, 0.717) is 23.0 Å². The smallest absolute Gasteiger partial charge is 0.129 e. The van der Waals surface area contributed by atoms with Crippen LogP contribution in [0.3, 0.4) is 0 Å². The molecular weight excluding hydrogens is 363 g/mol. The first-order chi connectivity index (χ1) is 13.0. The van der Waals surface area contributed by atoms with Gasteiger partial charge in [0, 0.05) is 22.7 Å². The van der Waals surface area contributed by atoms with Crippen molar-refractivity contribution in [1.82, 2.24) is 20.3 Å². The van der Waals surface area contributed by atoms with Crippen LogP contribution >= 0.6 is 11.6 Å². The molecule has 3 aromatic rings. The molecule has 0 aliphatic heterocycles. The molecule has 0 saturated carbocycles. The topological polar surface area (TPSA) is 42.7 Å². The van der Waals surface area contributed by atoms with Crippen LogP contribution in [0, 0.1) is 11.7 Å². The number of rotatable bonds is 8. The highest BCUT2D eigenvalue weighted by molar-refractivity contribution is 6.31. The summed E-state index contributed by atoms with van der Waals surface area (Å²) in [6, 6.07) is 14.6. The summed E-state index contributed by atoms with van der Waals surface area (Å²) in [5.74, 6) is 0.294. The van der Waals surface area contributed by atoms with Gasteiger partial charge in [0.15, 0.2) is 0 Å². The number of nitrogens with zero attached hydrogens (tertiary/aromatic N) is 3. The molecule has 27 heavy (non-hydrogen) atoms. The van der Waals surface area contributed by atoms with E-state index in [1.807, 2.05) is 30.3 Å². The summed E-state index contributed by atoms with van der Waals surface area (Å²) in [6.07, 6.45) is 1.10. The van der Waals surface area contributed by atoms with Gasteiger partial charge in [-0.1, -0.05) is 61.8 Å². The van der Waals surface area contributed by atoms with Gasteiger partial charge < -0.3 is 5.32 Å². The number of nitrogens with one attached hydrogen (secondary N) is 1. The molecular formula is C21H24ClFN4. The fourth-order valence-corrected chi connectivity index (χ4v) is 3.04. The minimum Gasteiger partial charge on any atom is -0.311 e. The molecule has 0 aliphatic rings. The average molecular weight is 387 g/mol. The lowest BCUT2D eigenvalue weighted by Gasteiger charge is -2.06. The van der Waals surface area contributed by atoms with Crippen LogP contribution in [0.4, 0.5) is 4.39 Å². The van der Waals surface area contributed by atoms with Gasteiger partial charge in [-0.3, -0.25) is 0 Å². The fourth-order valence-electron chi connectivity index (χ4n) is 2.81. The van der Waals surface area contributed by atoms with Gasteiger partial charge >= 0.3 is 0 Å². The van der Waals surface area contributed by atoms with Gasteiger partial charge in [-0.2, -0.15) is 15.0 Å². The highest BCUT2D eigenvalue weighted by atomic mass is 35.5. The SMILES string of the molecule is CC(C)CCNCc1nn(Cc2c(F)cccc2Cl)nc1-c1ccccc1. The van der Waals surface area contributed by atoms with Crippen LogP contribution < -0.4 is 5.32 Å². The Balaban J connectivity index is 1.85. The van der Waals surface area contributed by atoms with Crippen LogP contribution in [0.2, 0.25) is 5.02 Å². The van der Waals surface area contributed by atoms with E-state index in [1.165, 1.54) is 10.9 Å². The van der Waals surface area contributed by atoms with Crippen molar-refractivity contribution in [3.05, 3.63) is 70.6 Å². The summed E-state index contributed by atoms with van der Waals surface area (Å²) >= 11 is 6.15. The Kier molecular flexibility index (Phi) is 6.58. The normalized spacial score (nSPS) is 11.3. The molecule has 0 amide bonds. The molecule has 1 aromatic heterocycles. The summed E-state index contributed by atoms with van der Waals surface area (Å²) in [6.45, 7) is 6.12. The molecule has 0 aliphatic carbocycles. The molecule has 6 heteroatoms. The van der Waals surface area contributed by atoms with Crippen LogP contribution in [-0.2, 0) is 13.1 Å². The van der Waals surface area contributed by atoms with Gasteiger partial charge in [0.1, 0.15) is 17.2 Å². The second kappa shape index (κ2) is 9.11. The predicted octanol–water partition coefficient (Wildman–Crippen LogP) is 4.92. The second-order valence-corrected chi connectivity index (χ2v) is 7.36. The maximum Gasteiger partial charge on any atom is 0.129 e. The molecule has 0 saturated heterocycles. The fraction of sp³-hybridized carbons (Fsp3) is 0.333. The van der Waals surface area contributed by atoms with Gasteiger partial charge in [-0.15, -0.1) is 0 Å². The Labute approximate surface area is 164 Å². The van der Waals surface area contributed by atoms with Crippen molar-refractivity contribution in [3.8, 4) is 11.3 Å². The van der Waals surface area contributed by atoms with Gasteiger partial charge in [-0.05, 0) is 31.0 Å². The Morgan fingerprint density at radius 3 is 2.56 bits per heavy atom. The third kappa shape index (κ3) is 5.15. The molecule has 0 atom stereocenters. The van der Waals surface area contributed by atoms with Crippen molar-refractivity contribution < 1.29 is 4.39 Å². The van der Waals surface area contributed by atoms with Crippen molar-refractivity contribution >= 4 is 11.6 Å². The number of halogens is 2. The minimum atomic E-state index is -0.349. The summed E-state index contributed by atoms with van der Waals surface area (Å²) in [7, 11) is 0. The lowest BCUT2D eigenvalue weighted by atomic mass is 10.1. The van der Waals surface area contributed by atoms with Crippen LogP contribution in [0.25, 0.3) is 11.3 Å². The number of hydrogen-bond acceptors (Lipinski definition) is 3.